The Bertz CT molecular complexity index is 438. The van der Waals surface area contributed by atoms with Gasteiger partial charge >= 0.3 is 5.97 Å². The summed E-state index contributed by atoms with van der Waals surface area (Å²) in [7, 11) is 0. The molecule has 0 bridgehead atoms. The molecule has 0 unspecified atom stereocenters. The van der Waals surface area contributed by atoms with E-state index in [0.29, 0.717) is 5.56 Å². The molecular formula is C9H6NO5-. The number of aliphatic carboxylic acids is 1. The second-order valence-corrected chi connectivity index (χ2v) is 2.66. The molecule has 0 saturated heterocycles. The van der Waals surface area contributed by atoms with Crippen molar-refractivity contribution in [1.82, 2.24) is 0 Å². The maximum atomic E-state index is 11.0. The van der Waals surface area contributed by atoms with Gasteiger partial charge in [-0.25, -0.2) is 4.79 Å². The Hall–Kier alpha value is -2.37. The first kappa shape index (κ1) is 10.7. The van der Waals surface area contributed by atoms with E-state index >= 15 is 0 Å². The van der Waals surface area contributed by atoms with Gasteiger partial charge in [0.25, 0.3) is 5.69 Å². The number of carbonyl (C=O) groups is 1. The predicted octanol–water partition coefficient (Wildman–Crippen LogP) is 0.766. The first-order valence-corrected chi connectivity index (χ1v) is 3.87. The fourth-order valence-electron chi connectivity index (χ4n) is 0.948. The second-order valence-electron chi connectivity index (χ2n) is 2.66. The van der Waals surface area contributed by atoms with Crippen molar-refractivity contribution in [1.29, 1.82) is 0 Å². The van der Waals surface area contributed by atoms with Crippen LogP contribution in [0.25, 0.3) is 6.08 Å². The molecule has 6 heteroatoms. The Balaban J connectivity index is 3.08. The number of carboxylic acids is 1. The lowest BCUT2D eigenvalue weighted by Crippen LogP contribution is -1.97. The molecule has 0 radical (unpaired) electrons. The monoisotopic (exact) mass is 208 g/mol. The van der Waals surface area contributed by atoms with Crippen LogP contribution in [0.5, 0.6) is 5.75 Å². The average Bonchev–Trinajstić information content (AvgIpc) is 2.16. The quantitative estimate of drug-likeness (QED) is 0.448. The molecule has 0 atom stereocenters. The van der Waals surface area contributed by atoms with Crippen molar-refractivity contribution in [2.45, 2.75) is 0 Å². The minimum atomic E-state index is -1.16. The zero-order chi connectivity index (χ0) is 11.4. The number of rotatable bonds is 3. The maximum absolute atomic E-state index is 11.0. The Morgan fingerprint density at radius 2 is 2.13 bits per heavy atom. The number of nitro benzene ring substituents is 1. The van der Waals surface area contributed by atoms with E-state index in [9.17, 15) is 20.0 Å². The van der Waals surface area contributed by atoms with Crippen molar-refractivity contribution >= 4 is 17.7 Å². The van der Waals surface area contributed by atoms with Crippen molar-refractivity contribution < 1.29 is 19.9 Å². The van der Waals surface area contributed by atoms with E-state index in [-0.39, 0.29) is 0 Å². The predicted molar refractivity (Wildman–Crippen MR) is 49.2 cm³/mol. The van der Waals surface area contributed by atoms with Crippen molar-refractivity contribution in [3.05, 3.63) is 40.0 Å². The molecule has 15 heavy (non-hydrogen) atoms. The van der Waals surface area contributed by atoms with Gasteiger partial charge in [-0.2, -0.15) is 0 Å². The molecule has 0 aromatic heterocycles. The molecule has 78 valence electrons. The minimum absolute atomic E-state index is 0.295. The third-order valence-electron chi connectivity index (χ3n) is 1.60. The van der Waals surface area contributed by atoms with E-state index in [2.05, 4.69) is 0 Å². The molecule has 1 aromatic carbocycles. The zero-order valence-electron chi connectivity index (χ0n) is 7.41. The third-order valence-corrected chi connectivity index (χ3v) is 1.60. The van der Waals surface area contributed by atoms with Gasteiger partial charge in [0, 0.05) is 12.1 Å². The molecule has 0 fully saturated rings. The van der Waals surface area contributed by atoms with Crippen LogP contribution in [0.15, 0.2) is 24.3 Å². The molecule has 0 aliphatic carbocycles. The minimum Gasteiger partial charge on any atom is -0.868 e. The van der Waals surface area contributed by atoms with Crippen LogP contribution >= 0.6 is 0 Å². The molecule has 0 heterocycles. The first-order valence-electron chi connectivity index (χ1n) is 3.87. The molecule has 1 rings (SSSR count). The highest BCUT2D eigenvalue weighted by molar-refractivity contribution is 5.85. The van der Waals surface area contributed by atoms with Crippen LogP contribution in [0.3, 0.4) is 0 Å². The summed E-state index contributed by atoms with van der Waals surface area (Å²) in [6.45, 7) is 0. The first-order chi connectivity index (χ1) is 7.00. The van der Waals surface area contributed by atoms with Crippen molar-refractivity contribution in [3.8, 4) is 5.75 Å². The van der Waals surface area contributed by atoms with Crippen LogP contribution in [-0.4, -0.2) is 16.0 Å². The zero-order valence-corrected chi connectivity index (χ0v) is 7.41. The van der Waals surface area contributed by atoms with Gasteiger partial charge in [0.05, 0.1) is 4.92 Å². The molecule has 6 nitrogen and oxygen atoms in total. The van der Waals surface area contributed by atoms with Crippen molar-refractivity contribution in [3.63, 3.8) is 0 Å². The largest absolute Gasteiger partial charge is 0.868 e. The number of benzene rings is 1. The molecule has 0 saturated carbocycles. The molecule has 1 aromatic rings. The average molecular weight is 208 g/mol. The van der Waals surface area contributed by atoms with E-state index in [1.165, 1.54) is 12.1 Å². The summed E-state index contributed by atoms with van der Waals surface area (Å²) in [5.74, 6) is -1.86. The van der Waals surface area contributed by atoms with Crippen LogP contribution in [0.2, 0.25) is 0 Å². The van der Waals surface area contributed by atoms with Crippen LogP contribution in [-0.2, 0) is 4.79 Å². The smallest absolute Gasteiger partial charge is 0.328 e. The molecule has 0 amide bonds. The van der Waals surface area contributed by atoms with Crippen molar-refractivity contribution in [2.24, 2.45) is 0 Å². The van der Waals surface area contributed by atoms with Gasteiger partial charge in [-0.3, -0.25) is 10.1 Å². The fraction of sp³-hybridized carbons (Fsp3) is 0. The number of carboxylic acid groups (broad SMARTS) is 1. The van der Waals surface area contributed by atoms with E-state index in [0.717, 1.165) is 18.2 Å². The van der Waals surface area contributed by atoms with Gasteiger partial charge in [-0.1, -0.05) is 12.1 Å². The number of nitro groups is 1. The number of hydrogen-bond acceptors (Lipinski definition) is 4. The van der Waals surface area contributed by atoms with Gasteiger partial charge in [-0.05, 0) is 17.4 Å². The van der Waals surface area contributed by atoms with Crippen molar-refractivity contribution in [2.75, 3.05) is 0 Å². The summed E-state index contributed by atoms with van der Waals surface area (Å²) in [6, 6.07) is 3.37. The summed E-state index contributed by atoms with van der Waals surface area (Å²) in [5, 5.41) is 29.7. The topological polar surface area (TPSA) is 104 Å². The van der Waals surface area contributed by atoms with E-state index in [1.807, 2.05) is 0 Å². The normalized spacial score (nSPS) is 10.4. The van der Waals surface area contributed by atoms with Gasteiger partial charge < -0.3 is 10.2 Å². The highest BCUT2D eigenvalue weighted by atomic mass is 16.6. The van der Waals surface area contributed by atoms with Gasteiger partial charge in [0.15, 0.2) is 0 Å². The molecule has 0 aliphatic rings. The lowest BCUT2D eigenvalue weighted by Gasteiger charge is -2.05. The lowest BCUT2D eigenvalue weighted by molar-refractivity contribution is -0.398. The molecule has 1 N–H and O–H groups in total. The Morgan fingerprint density at radius 3 is 2.67 bits per heavy atom. The van der Waals surface area contributed by atoms with Crippen LogP contribution < -0.4 is 5.11 Å². The molecule has 0 spiro atoms. The Morgan fingerprint density at radius 1 is 1.47 bits per heavy atom. The van der Waals surface area contributed by atoms with Crippen LogP contribution in [0.4, 0.5) is 5.69 Å². The number of hydrogen-bond donors (Lipinski definition) is 1. The fourth-order valence-corrected chi connectivity index (χ4v) is 0.948. The van der Waals surface area contributed by atoms with E-state index in [4.69, 9.17) is 5.11 Å². The van der Waals surface area contributed by atoms with Crippen LogP contribution in [0, 0.1) is 10.1 Å². The molecular weight excluding hydrogens is 202 g/mol. The van der Waals surface area contributed by atoms with Crippen LogP contribution in [0.1, 0.15) is 5.56 Å². The Kier molecular flexibility index (Phi) is 3.02. The van der Waals surface area contributed by atoms with E-state index < -0.39 is 22.3 Å². The summed E-state index contributed by atoms with van der Waals surface area (Å²) in [5.41, 5.74) is -0.272. The maximum Gasteiger partial charge on any atom is 0.328 e. The summed E-state index contributed by atoms with van der Waals surface area (Å²) in [4.78, 5) is 19.7. The lowest BCUT2D eigenvalue weighted by atomic mass is 10.2. The number of nitrogens with zero attached hydrogens (tertiary/aromatic N) is 1. The summed E-state index contributed by atoms with van der Waals surface area (Å²) < 4.78 is 0. The summed E-state index contributed by atoms with van der Waals surface area (Å²) >= 11 is 0. The Labute approximate surface area is 84.2 Å². The third kappa shape index (κ3) is 2.80. The molecule has 0 aliphatic heterocycles. The SMILES string of the molecule is O=C(O)/C=C/c1ccc([O-])c([N+](=O)[O-])c1. The highest BCUT2D eigenvalue weighted by Gasteiger charge is 2.06. The standard InChI is InChI=1S/C9H7NO5/c11-8-3-1-6(2-4-9(12)13)5-7(8)10(14)15/h1-5,11H,(H,12,13)/p-1/b4-2+. The summed E-state index contributed by atoms with van der Waals surface area (Å²) in [6.07, 6.45) is 2.01. The van der Waals surface area contributed by atoms with Gasteiger partial charge in [0.2, 0.25) is 0 Å². The van der Waals surface area contributed by atoms with E-state index in [1.54, 1.807) is 0 Å². The van der Waals surface area contributed by atoms with Gasteiger partial charge in [0.1, 0.15) is 0 Å². The highest BCUT2D eigenvalue weighted by Crippen LogP contribution is 2.24. The van der Waals surface area contributed by atoms with Gasteiger partial charge in [-0.15, -0.1) is 0 Å². The second kappa shape index (κ2) is 4.23.